The minimum atomic E-state index is -0.949. The second-order valence-corrected chi connectivity index (χ2v) is 5.38. The van der Waals surface area contributed by atoms with Crippen LogP contribution in [0.5, 0.6) is 0 Å². The van der Waals surface area contributed by atoms with Crippen LogP contribution in [-0.4, -0.2) is 10.9 Å². The largest absolute Gasteiger partial charge is 0.354 e. The Morgan fingerprint density at radius 1 is 0.920 bits per heavy atom. The molecular formula is C19H15F2N3O. The van der Waals surface area contributed by atoms with Crippen molar-refractivity contribution < 1.29 is 13.6 Å². The Labute approximate surface area is 143 Å². The number of hydrogen-bond acceptors (Lipinski definition) is 3. The molecule has 6 heteroatoms. The third-order valence-corrected chi connectivity index (χ3v) is 3.50. The quantitative estimate of drug-likeness (QED) is 0.738. The number of halogens is 2. The number of amides is 1. The molecule has 0 fully saturated rings. The average molecular weight is 339 g/mol. The molecule has 0 radical (unpaired) electrons. The Morgan fingerprint density at radius 3 is 2.48 bits per heavy atom. The number of aromatic nitrogens is 1. The number of carbonyl (C=O) groups is 1. The van der Waals surface area contributed by atoms with E-state index in [0.29, 0.717) is 23.5 Å². The molecule has 0 unspecified atom stereocenters. The molecule has 0 aliphatic rings. The zero-order valence-electron chi connectivity index (χ0n) is 13.2. The van der Waals surface area contributed by atoms with E-state index >= 15 is 0 Å². The minimum absolute atomic E-state index is 0.273. The number of nitrogens with one attached hydrogen (secondary N) is 2. The maximum absolute atomic E-state index is 13.3. The van der Waals surface area contributed by atoms with Gasteiger partial charge in [-0.15, -0.1) is 0 Å². The Morgan fingerprint density at radius 2 is 1.72 bits per heavy atom. The summed E-state index contributed by atoms with van der Waals surface area (Å²) in [5.41, 5.74) is 2.21. The standard InChI is InChI=1S/C19H15F2N3O/c20-17-7-6-15(9-18(17)21)24-16-8-14(11-22-12-16)19(25)23-10-13-4-2-1-3-5-13/h1-9,11-12,24H,10H2,(H,23,25). The zero-order chi connectivity index (χ0) is 17.6. The predicted octanol–water partition coefficient (Wildman–Crippen LogP) is 4.03. The third kappa shape index (κ3) is 4.38. The molecule has 0 aliphatic heterocycles. The van der Waals surface area contributed by atoms with Crippen molar-refractivity contribution in [2.75, 3.05) is 5.32 Å². The van der Waals surface area contributed by atoms with Crippen LogP contribution >= 0.6 is 0 Å². The summed E-state index contributed by atoms with van der Waals surface area (Å²) in [6.07, 6.45) is 2.94. The summed E-state index contributed by atoms with van der Waals surface area (Å²) in [5, 5.41) is 5.70. The molecule has 0 saturated carbocycles. The van der Waals surface area contributed by atoms with Crippen molar-refractivity contribution >= 4 is 17.3 Å². The molecule has 2 N–H and O–H groups in total. The van der Waals surface area contributed by atoms with E-state index in [-0.39, 0.29) is 5.91 Å². The molecule has 2 aromatic carbocycles. The molecule has 0 bridgehead atoms. The minimum Gasteiger partial charge on any atom is -0.354 e. The van der Waals surface area contributed by atoms with Gasteiger partial charge in [0, 0.05) is 24.5 Å². The highest BCUT2D eigenvalue weighted by Gasteiger charge is 2.08. The van der Waals surface area contributed by atoms with Crippen LogP contribution in [0.4, 0.5) is 20.2 Å². The van der Waals surface area contributed by atoms with Crippen LogP contribution in [0, 0.1) is 11.6 Å². The van der Waals surface area contributed by atoms with Crippen LogP contribution in [0.1, 0.15) is 15.9 Å². The first-order valence-electron chi connectivity index (χ1n) is 7.61. The van der Waals surface area contributed by atoms with Gasteiger partial charge >= 0.3 is 0 Å². The number of pyridine rings is 1. The van der Waals surface area contributed by atoms with Crippen LogP contribution < -0.4 is 10.6 Å². The van der Waals surface area contributed by atoms with Gasteiger partial charge in [0.15, 0.2) is 11.6 Å². The van der Waals surface area contributed by atoms with Crippen LogP contribution in [0.3, 0.4) is 0 Å². The molecule has 3 rings (SSSR count). The summed E-state index contributed by atoms with van der Waals surface area (Å²) >= 11 is 0. The molecule has 1 amide bonds. The fourth-order valence-electron chi connectivity index (χ4n) is 2.25. The first-order valence-corrected chi connectivity index (χ1v) is 7.61. The fourth-order valence-corrected chi connectivity index (χ4v) is 2.25. The number of benzene rings is 2. The van der Waals surface area contributed by atoms with Gasteiger partial charge in [-0.2, -0.15) is 0 Å². The monoisotopic (exact) mass is 339 g/mol. The molecule has 0 spiro atoms. The van der Waals surface area contributed by atoms with Gasteiger partial charge in [-0.1, -0.05) is 30.3 Å². The lowest BCUT2D eigenvalue weighted by Crippen LogP contribution is -2.22. The highest BCUT2D eigenvalue weighted by Crippen LogP contribution is 2.19. The van der Waals surface area contributed by atoms with Crippen molar-refractivity contribution in [3.63, 3.8) is 0 Å². The van der Waals surface area contributed by atoms with Gasteiger partial charge in [0.05, 0.1) is 17.4 Å². The highest BCUT2D eigenvalue weighted by atomic mass is 19.2. The fraction of sp³-hybridized carbons (Fsp3) is 0.0526. The van der Waals surface area contributed by atoms with E-state index in [1.165, 1.54) is 18.5 Å². The molecule has 0 aliphatic carbocycles. The molecule has 1 aromatic heterocycles. The molecule has 0 saturated heterocycles. The molecule has 4 nitrogen and oxygen atoms in total. The first-order chi connectivity index (χ1) is 12.1. The molecule has 25 heavy (non-hydrogen) atoms. The van der Waals surface area contributed by atoms with E-state index in [2.05, 4.69) is 15.6 Å². The number of rotatable bonds is 5. The Bertz CT molecular complexity index is 885. The third-order valence-electron chi connectivity index (χ3n) is 3.50. The predicted molar refractivity (Wildman–Crippen MR) is 91.5 cm³/mol. The Balaban J connectivity index is 1.68. The SMILES string of the molecule is O=C(NCc1ccccc1)c1cncc(Nc2ccc(F)c(F)c2)c1. The van der Waals surface area contributed by atoms with Gasteiger partial charge in [0.1, 0.15) is 0 Å². The lowest BCUT2D eigenvalue weighted by molar-refractivity contribution is 0.0950. The van der Waals surface area contributed by atoms with Crippen molar-refractivity contribution in [3.8, 4) is 0 Å². The first kappa shape index (κ1) is 16.6. The molecular weight excluding hydrogens is 324 g/mol. The van der Waals surface area contributed by atoms with Crippen molar-refractivity contribution in [2.24, 2.45) is 0 Å². The van der Waals surface area contributed by atoms with Gasteiger partial charge in [-0.05, 0) is 23.8 Å². The zero-order valence-corrected chi connectivity index (χ0v) is 13.2. The van der Waals surface area contributed by atoms with Gasteiger partial charge in [0.25, 0.3) is 5.91 Å². The maximum Gasteiger partial charge on any atom is 0.253 e. The van der Waals surface area contributed by atoms with Gasteiger partial charge in [-0.25, -0.2) is 8.78 Å². The van der Waals surface area contributed by atoms with Crippen LogP contribution in [0.2, 0.25) is 0 Å². The summed E-state index contributed by atoms with van der Waals surface area (Å²) < 4.78 is 26.2. The van der Waals surface area contributed by atoms with Gasteiger partial charge in [-0.3, -0.25) is 9.78 Å². The van der Waals surface area contributed by atoms with E-state index < -0.39 is 11.6 Å². The van der Waals surface area contributed by atoms with Crippen molar-refractivity contribution in [3.05, 3.63) is 89.8 Å². The summed E-state index contributed by atoms with van der Waals surface area (Å²) in [5.74, 6) is -2.14. The van der Waals surface area contributed by atoms with Gasteiger partial charge < -0.3 is 10.6 Å². The van der Waals surface area contributed by atoms with E-state index in [4.69, 9.17) is 0 Å². The number of nitrogens with zero attached hydrogens (tertiary/aromatic N) is 1. The Hall–Kier alpha value is -3.28. The maximum atomic E-state index is 13.3. The molecule has 3 aromatic rings. The van der Waals surface area contributed by atoms with E-state index in [1.807, 2.05) is 30.3 Å². The van der Waals surface area contributed by atoms with Crippen molar-refractivity contribution in [1.29, 1.82) is 0 Å². The number of hydrogen-bond donors (Lipinski definition) is 2. The second kappa shape index (κ2) is 7.53. The second-order valence-electron chi connectivity index (χ2n) is 5.38. The van der Waals surface area contributed by atoms with Crippen molar-refractivity contribution in [2.45, 2.75) is 6.54 Å². The van der Waals surface area contributed by atoms with E-state index in [0.717, 1.165) is 17.7 Å². The Kier molecular flexibility index (Phi) is 4.99. The lowest BCUT2D eigenvalue weighted by atomic mass is 10.2. The molecule has 126 valence electrons. The van der Waals surface area contributed by atoms with E-state index in [1.54, 1.807) is 6.07 Å². The van der Waals surface area contributed by atoms with Crippen molar-refractivity contribution in [1.82, 2.24) is 10.3 Å². The smallest absolute Gasteiger partial charge is 0.253 e. The highest BCUT2D eigenvalue weighted by molar-refractivity contribution is 5.94. The van der Waals surface area contributed by atoms with Crippen LogP contribution in [0.15, 0.2) is 67.0 Å². The number of anilines is 2. The average Bonchev–Trinajstić information content (AvgIpc) is 2.64. The lowest BCUT2D eigenvalue weighted by Gasteiger charge is -2.09. The van der Waals surface area contributed by atoms with Crippen LogP contribution in [-0.2, 0) is 6.54 Å². The number of carbonyl (C=O) groups excluding carboxylic acids is 1. The molecule has 0 atom stereocenters. The summed E-state index contributed by atoms with van der Waals surface area (Å²) in [7, 11) is 0. The summed E-state index contributed by atoms with van der Waals surface area (Å²) in [6.45, 7) is 0.403. The van der Waals surface area contributed by atoms with Crippen LogP contribution in [0.25, 0.3) is 0 Å². The van der Waals surface area contributed by atoms with Gasteiger partial charge in [0.2, 0.25) is 0 Å². The summed E-state index contributed by atoms with van der Waals surface area (Å²) in [4.78, 5) is 16.2. The molecule has 1 heterocycles. The van der Waals surface area contributed by atoms with E-state index in [9.17, 15) is 13.6 Å². The topological polar surface area (TPSA) is 54.0 Å². The normalized spacial score (nSPS) is 10.3. The summed E-state index contributed by atoms with van der Waals surface area (Å²) in [6, 6.07) is 14.6.